The topological polar surface area (TPSA) is 102 Å². The van der Waals surface area contributed by atoms with Crippen LogP contribution in [0.4, 0.5) is 11.4 Å². The van der Waals surface area contributed by atoms with E-state index >= 15 is 0 Å². The van der Waals surface area contributed by atoms with Crippen LogP contribution in [0.3, 0.4) is 0 Å². The number of hydrogen-bond donors (Lipinski definition) is 1. The van der Waals surface area contributed by atoms with Gasteiger partial charge in [0, 0.05) is 5.69 Å². The van der Waals surface area contributed by atoms with Gasteiger partial charge in [-0.15, -0.1) is 0 Å². The molecule has 8 nitrogen and oxygen atoms in total. The Morgan fingerprint density at radius 1 is 1.16 bits per heavy atom. The van der Waals surface area contributed by atoms with Gasteiger partial charge in [0.15, 0.2) is 6.10 Å². The lowest BCUT2D eigenvalue weighted by Crippen LogP contribution is -2.48. The van der Waals surface area contributed by atoms with Crippen LogP contribution in [0.5, 0.6) is 5.75 Å². The molecule has 0 bridgehead atoms. The predicted molar refractivity (Wildman–Crippen MR) is 118 cm³/mol. The molecule has 1 aliphatic rings. The Labute approximate surface area is 182 Å². The van der Waals surface area contributed by atoms with Crippen molar-refractivity contribution in [2.45, 2.75) is 32.3 Å². The molecule has 0 unspecified atom stereocenters. The molecule has 9 heteroatoms. The quantitative estimate of drug-likeness (QED) is 0.725. The number of amides is 1. The molecule has 1 heterocycles. The van der Waals surface area contributed by atoms with E-state index in [4.69, 9.17) is 4.74 Å². The van der Waals surface area contributed by atoms with Gasteiger partial charge in [-0.3, -0.25) is 9.10 Å². The van der Waals surface area contributed by atoms with Crippen LogP contribution in [0.2, 0.25) is 0 Å². The normalized spacial score (nSPS) is 16.2. The van der Waals surface area contributed by atoms with Gasteiger partial charge in [-0.1, -0.05) is 32.9 Å². The summed E-state index contributed by atoms with van der Waals surface area (Å²) in [4.78, 5) is 24.6. The summed E-state index contributed by atoms with van der Waals surface area (Å²) in [5, 5.41) is 2.68. The molecule has 3 rings (SSSR count). The van der Waals surface area contributed by atoms with Gasteiger partial charge < -0.3 is 14.8 Å². The lowest BCUT2D eigenvalue weighted by Gasteiger charge is -2.35. The average molecular weight is 447 g/mol. The second-order valence-corrected chi connectivity index (χ2v) is 10.3. The number of rotatable bonds is 4. The minimum absolute atomic E-state index is 0.165. The molecule has 0 spiro atoms. The van der Waals surface area contributed by atoms with Crippen molar-refractivity contribution < 1.29 is 27.5 Å². The Kier molecular flexibility index (Phi) is 6.00. The highest BCUT2D eigenvalue weighted by Crippen LogP contribution is 2.38. The van der Waals surface area contributed by atoms with Crippen molar-refractivity contribution >= 4 is 33.3 Å². The number of ether oxygens (including phenoxy) is 2. The summed E-state index contributed by atoms with van der Waals surface area (Å²) in [6.45, 7) is 5.92. The molecule has 2 aromatic rings. The molecule has 0 aliphatic carbocycles. The van der Waals surface area contributed by atoms with Gasteiger partial charge in [-0.25, -0.2) is 13.2 Å². The maximum atomic E-state index is 12.9. The van der Waals surface area contributed by atoms with E-state index in [9.17, 15) is 18.0 Å². The van der Waals surface area contributed by atoms with Crippen LogP contribution in [-0.4, -0.2) is 46.3 Å². The molecule has 166 valence electrons. The van der Waals surface area contributed by atoms with Crippen molar-refractivity contribution in [3.8, 4) is 5.75 Å². The molecule has 1 amide bonds. The molecular weight excluding hydrogens is 420 g/mol. The Morgan fingerprint density at radius 2 is 1.87 bits per heavy atom. The Bertz CT molecular complexity index is 1120. The van der Waals surface area contributed by atoms with E-state index in [1.807, 2.05) is 26.8 Å². The summed E-state index contributed by atoms with van der Waals surface area (Å²) in [5.74, 6) is -0.744. The van der Waals surface area contributed by atoms with Crippen LogP contribution in [0.25, 0.3) is 0 Å². The first-order valence-electron chi connectivity index (χ1n) is 9.68. The Hall–Kier alpha value is -3.07. The molecule has 0 radical (unpaired) electrons. The predicted octanol–water partition coefficient (Wildman–Crippen LogP) is 2.94. The Balaban J connectivity index is 1.89. The van der Waals surface area contributed by atoms with Gasteiger partial charge in [-0.2, -0.15) is 0 Å². The summed E-state index contributed by atoms with van der Waals surface area (Å²) >= 11 is 0. The minimum Gasteiger partial charge on any atom is -0.476 e. The minimum atomic E-state index is -3.65. The van der Waals surface area contributed by atoms with Crippen LogP contribution in [-0.2, 0) is 25.0 Å². The third-order valence-electron chi connectivity index (χ3n) is 4.94. The molecule has 0 saturated carbocycles. The maximum absolute atomic E-state index is 12.9. The number of anilines is 2. The summed E-state index contributed by atoms with van der Waals surface area (Å²) in [7, 11) is -2.38. The summed E-state index contributed by atoms with van der Waals surface area (Å²) in [5.41, 5.74) is 1.83. The van der Waals surface area contributed by atoms with Crippen LogP contribution in [0.15, 0.2) is 42.5 Å². The van der Waals surface area contributed by atoms with Crippen molar-refractivity contribution in [3.05, 3.63) is 53.6 Å². The first-order chi connectivity index (χ1) is 14.4. The zero-order chi connectivity index (χ0) is 23.0. The highest BCUT2D eigenvalue weighted by Gasteiger charge is 2.36. The average Bonchev–Trinajstić information content (AvgIpc) is 2.70. The number of nitrogens with zero attached hydrogens (tertiary/aromatic N) is 1. The second kappa shape index (κ2) is 8.22. The van der Waals surface area contributed by atoms with Crippen LogP contribution >= 0.6 is 0 Å². The molecule has 2 aromatic carbocycles. The first kappa shape index (κ1) is 22.6. The van der Waals surface area contributed by atoms with Crippen molar-refractivity contribution in [3.63, 3.8) is 0 Å². The molecule has 0 saturated heterocycles. The molecule has 1 atom stereocenters. The van der Waals surface area contributed by atoms with E-state index in [0.717, 1.165) is 11.8 Å². The van der Waals surface area contributed by atoms with Crippen molar-refractivity contribution in [1.82, 2.24) is 0 Å². The largest absolute Gasteiger partial charge is 0.476 e. The van der Waals surface area contributed by atoms with E-state index in [-0.39, 0.29) is 17.5 Å². The Morgan fingerprint density at radius 3 is 2.48 bits per heavy atom. The van der Waals surface area contributed by atoms with Crippen LogP contribution in [0.1, 0.15) is 36.7 Å². The monoisotopic (exact) mass is 446 g/mol. The van der Waals surface area contributed by atoms with E-state index in [0.29, 0.717) is 17.1 Å². The van der Waals surface area contributed by atoms with Gasteiger partial charge >= 0.3 is 5.97 Å². The molecular formula is C22H26N2O6S. The third kappa shape index (κ3) is 4.99. The van der Waals surface area contributed by atoms with Crippen LogP contribution in [0, 0.1) is 0 Å². The zero-order valence-corrected chi connectivity index (χ0v) is 18.9. The smallest absolute Gasteiger partial charge is 0.337 e. The van der Waals surface area contributed by atoms with Gasteiger partial charge in [0.2, 0.25) is 10.0 Å². The van der Waals surface area contributed by atoms with Gasteiger partial charge in [0.05, 0.1) is 31.2 Å². The third-order valence-corrected chi connectivity index (χ3v) is 6.08. The fraction of sp³-hybridized carbons (Fsp3) is 0.364. The number of fused-ring (bicyclic) bond motifs is 1. The number of nitrogens with one attached hydrogen (secondary N) is 1. The van der Waals surface area contributed by atoms with Gasteiger partial charge in [0.25, 0.3) is 5.91 Å². The van der Waals surface area contributed by atoms with Gasteiger partial charge in [-0.05, 0) is 41.3 Å². The number of hydrogen-bond acceptors (Lipinski definition) is 6. The summed E-state index contributed by atoms with van der Waals surface area (Å²) < 4.78 is 36.7. The SMILES string of the molecule is COC(=O)c1cccc(NC(=O)[C@@H]2CN(S(C)(=O)=O)c3cc(C(C)(C)C)ccc3O2)c1. The van der Waals surface area contributed by atoms with Crippen LogP contribution < -0.4 is 14.4 Å². The number of methoxy groups -OCH3 is 1. The standard InChI is InChI=1S/C22H26N2O6S/c1-22(2,3)15-9-10-18-17(12-15)24(31(5,27)28)13-19(30-18)20(25)23-16-8-6-7-14(11-16)21(26)29-4/h6-12,19H,13H2,1-5H3,(H,23,25)/t19-/m0/s1. The number of carbonyl (C=O) groups excluding carboxylic acids is 2. The van der Waals surface area contributed by atoms with Crippen molar-refractivity contribution in [2.24, 2.45) is 0 Å². The lowest BCUT2D eigenvalue weighted by atomic mass is 9.86. The van der Waals surface area contributed by atoms with E-state index in [2.05, 4.69) is 10.1 Å². The number of carbonyl (C=O) groups is 2. The first-order valence-corrected chi connectivity index (χ1v) is 11.5. The summed E-state index contributed by atoms with van der Waals surface area (Å²) in [6.07, 6.45) is 0.0326. The molecule has 1 aliphatic heterocycles. The van der Waals surface area contributed by atoms with Gasteiger partial charge in [0.1, 0.15) is 5.75 Å². The number of esters is 1. The van der Waals surface area contributed by atoms with E-state index in [1.165, 1.54) is 17.5 Å². The number of benzene rings is 2. The summed E-state index contributed by atoms with van der Waals surface area (Å²) in [6, 6.07) is 11.6. The van der Waals surface area contributed by atoms with E-state index < -0.39 is 28.0 Å². The molecule has 31 heavy (non-hydrogen) atoms. The zero-order valence-electron chi connectivity index (χ0n) is 18.1. The fourth-order valence-electron chi connectivity index (χ4n) is 3.23. The highest BCUT2D eigenvalue weighted by atomic mass is 32.2. The maximum Gasteiger partial charge on any atom is 0.337 e. The highest BCUT2D eigenvalue weighted by molar-refractivity contribution is 7.92. The lowest BCUT2D eigenvalue weighted by molar-refractivity contribution is -0.122. The molecule has 0 aromatic heterocycles. The van der Waals surface area contributed by atoms with E-state index in [1.54, 1.807) is 30.3 Å². The number of sulfonamides is 1. The fourth-order valence-corrected chi connectivity index (χ4v) is 4.14. The second-order valence-electron chi connectivity index (χ2n) is 8.39. The van der Waals surface area contributed by atoms with Crippen molar-refractivity contribution in [1.29, 1.82) is 0 Å². The molecule has 1 N–H and O–H groups in total. The molecule has 0 fully saturated rings. The van der Waals surface area contributed by atoms with Crippen molar-refractivity contribution in [2.75, 3.05) is 29.5 Å².